The molecule has 4 nitrogen and oxygen atoms in total. The first-order valence-corrected chi connectivity index (χ1v) is 12.8. The Morgan fingerprint density at radius 1 is 1.12 bits per heavy atom. The van der Waals surface area contributed by atoms with Crippen molar-refractivity contribution in [2.45, 2.75) is 76.4 Å². The zero-order valence-corrected chi connectivity index (χ0v) is 19.9. The summed E-state index contributed by atoms with van der Waals surface area (Å²) in [5, 5.41) is 30.6. The standard InChI is InChI=1S/C29H38O4/c1-18(31)19-4-6-20(7-5-19)25-17-24-21(16-27(25)32)8-9-23-22(24)10-13-28(2)26(23)11-14-29(28,33)12-3-15-30/h3-7,12,16,18,22-26,30-31,33H,8-11,13-15,17H2,1-2H3/b12-3-/t18?,22-,23+,24-,25?,26-,28-,29-/m0/s1. The molecule has 0 radical (unpaired) electrons. The van der Waals surface area contributed by atoms with E-state index < -0.39 is 11.7 Å². The molecule has 0 spiro atoms. The van der Waals surface area contributed by atoms with E-state index in [9.17, 15) is 20.1 Å². The zero-order valence-electron chi connectivity index (χ0n) is 19.9. The number of allylic oxidation sites excluding steroid dienone is 1. The van der Waals surface area contributed by atoms with E-state index in [1.54, 1.807) is 13.0 Å². The Kier molecular flexibility index (Phi) is 5.91. The minimum atomic E-state index is -0.821. The largest absolute Gasteiger partial charge is 0.392 e. The third kappa shape index (κ3) is 3.66. The lowest BCUT2D eigenvalue weighted by Gasteiger charge is -2.55. The maximum Gasteiger partial charge on any atom is 0.163 e. The van der Waals surface area contributed by atoms with Crippen LogP contribution >= 0.6 is 0 Å². The van der Waals surface area contributed by atoms with Gasteiger partial charge in [0.05, 0.1) is 18.3 Å². The van der Waals surface area contributed by atoms with Gasteiger partial charge in [-0.15, -0.1) is 0 Å². The molecule has 4 aliphatic rings. The molecule has 0 saturated heterocycles. The molecule has 0 aromatic heterocycles. The molecule has 5 rings (SSSR count). The molecule has 33 heavy (non-hydrogen) atoms. The first-order chi connectivity index (χ1) is 15.8. The van der Waals surface area contributed by atoms with E-state index in [1.807, 2.05) is 36.4 Å². The highest BCUT2D eigenvalue weighted by Gasteiger charge is 2.61. The van der Waals surface area contributed by atoms with Crippen LogP contribution in [-0.4, -0.2) is 33.3 Å². The van der Waals surface area contributed by atoms with Crippen molar-refractivity contribution in [3.63, 3.8) is 0 Å². The van der Waals surface area contributed by atoms with Crippen LogP contribution in [0, 0.1) is 29.1 Å². The molecular weight excluding hydrogens is 412 g/mol. The first-order valence-electron chi connectivity index (χ1n) is 12.8. The third-order valence-electron chi connectivity index (χ3n) is 9.95. The van der Waals surface area contributed by atoms with Gasteiger partial charge in [0.2, 0.25) is 0 Å². The summed E-state index contributed by atoms with van der Waals surface area (Å²) in [5.41, 5.74) is 2.34. The second-order valence-corrected chi connectivity index (χ2v) is 11.3. The van der Waals surface area contributed by atoms with Crippen LogP contribution in [0.2, 0.25) is 0 Å². The Labute approximate surface area is 197 Å². The summed E-state index contributed by atoms with van der Waals surface area (Å²) in [6.45, 7) is 4.00. The fourth-order valence-electron chi connectivity index (χ4n) is 8.06. The van der Waals surface area contributed by atoms with Crippen molar-refractivity contribution < 1.29 is 20.1 Å². The minimum absolute atomic E-state index is 0.0288. The topological polar surface area (TPSA) is 77.8 Å². The predicted molar refractivity (Wildman–Crippen MR) is 128 cm³/mol. The number of carbonyl (C=O) groups excluding carboxylic acids is 1. The van der Waals surface area contributed by atoms with E-state index >= 15 is 0 Å². The lowest BCUT2D eigenvalue weighted by atomic mass is 9.50. The quantitative estimate of drug-likeness (QED) is 0.573. The summed E-state index contributed by atoms with van der Waals surface area (Å²) >= 11 is 0. The molecular formula is C29H38O4. The highest BCUT2D eigenvalue weighted by molar-refractivity contribution is 5.97. The van der Waals surface area contributed by atoms with E-state index in [1.165, 1.54) is 5.57 Å². The van der Waals surface area contributed by atoms with Crippen LogP contribution in [0.15, 0.2) is 48.1 Å². The monoisotopic (exact) mass is 450 g/mol. The number of aliphatic hydroxyl groups excluding tert-OH is 2. The summed E-state index contributed by atoms with van der Waals surface area (Å²) in [6, 6.07) is 7.93. The van der Waals surface area contributed by atoms with Gasteiger partial charge < -0.3 is 15.3 Å². The highest BCUT2D eigenvalue weighted by Crippen LogP contribution is 2.65. The summed E-state index contributed by atoms with van der Waals surface area (Å²) in [7, 11) is 0. The van der Waals surface area contributed by atoms with Crippen LogP contribution < -0.4 is 0 Å². The Bertz CT molecular complexity index is 960. The molecule has 0 aliphatic heterocycles. The van der Waals surface area contributed by atoms with Crippen LogP contribution in [0.3, 0.4) is 0 Å². The van der Waals surface area contributed by atoms with Gasteiger partial charge in [0.15, 0.2) is 5.78 Å². The van der Waals surface area contributed by atoms with Crippen molar-refractivity contribution in [1.82, 2.24) is 0 Å². The molecule has 0 heterocycles. The molecule has 8 atom stereocenters. The summed E-state index contributed by atoms with van der Waals surface area (Å²) < 4.78 is 0. The molecule has 178 valence electrons. The van der Waals surface area contributed by atoms with Gasteiger partial charge in [0.25, 0.3) is 0 Å². The molecule has 4 heteroatoms. The Hall–Kier alpha value is -1.75. The van der Waals surface area contributed by atoms with Gasteiger partial charge in [-0.2, -0.15) is 0 Å². The van der Waals surface area contributed by atoms with Crippen molar-refractivity contribution >= 4 is 5.78 Å². The van der Waals surface area contributed by atoms with Crippen molar-refractivity contribution in [2.75, 3.05) is 6.61 Å². The predicted octanol–water partition coefficient (Wildman–Crippen LogP) is 4.85. The average Bonchev–Trinajstić information content (AvgIpc) is 3.08. The Morgan fingerprint density at radius 2 is 1.88 bits per heavy atom. The molecule has 3 saturated carbocycles. The average molecular weight is 451 g/mol. The number of rotatable bonds is 4. The van der Waals surface area contributed by atoms with E-state index in [0.29, 0.717) is 23.7 Å². The minimum Gasteiger partial charge on any atom is -0.392 e. The van der Waals surface area contributed by atoms with E-state index in [-0.39, 0.29) is 23.7 Å². The third-order valence-corrected chi connectivity index (χ3v) is 9.95. The van der Waals surface area contributed by atoms with Crippen molar-refractivity contribution in [3.8, 4) is 0 Å². The zero-order chi connectivity index (χ0) is 23.4. The fraction of sp³-hybridized carbons (Fsp3) is 0.621. The number of aliphatic hydroxyl groups is 3. The number of carbonyl (C=O) groups is 1. The molecule has 0 bridgehead atoms. The molecule has 2 unspecified atom stereocenters. The molecule has 3 fully saturated rings. The van der Waals surface area contributed by atoms with Crippen molar-refractivity contribution in [2.24, 2.45) is 29.1 Å². The number of benzene rings is 1. The summed E-state index contributed by atoms with van der Waals surface area (Å²) in [6.07, 6.45) is 12.0. The van der Waals surface area contributed by atoms with Crippen LogP contribution in [0.5, 0.6) is 0 Å². The number of fused-ring (bicyclic) bond motifs is 5. The van der Waals surface area contributed by atoms with Crippen molar-refractivity contribution in [1.29, 1.82) is 0 Å². The van der Waals surface area contributed by atoms with E-state index in [0.717, 1.165) is 56.1 Å². The summed E-state index contributed by atoms with van der Waals surface area (Å²) in [4.78, 5) is 13.1. The Balaban J connectivity index is 1.39. The SMILES string of the molecule is CC(O)c1ccc(C2C[C@H]3C(=CC2=O)CC[C@@H]2[C@@H]3CC[C@@]3(C)[C@H]2CC[C@@]3(O)/C=C\CO)cc1. The van der Waals surface area contributed by atoms with E-state index in [2.05, 4.69) is 6.92 Å². The van der Waals surface area contributed by atoms with E-state index in [4.69, 9.17) is 0 Å². The second-order valence-electron chi connectivity index (χ2n) is 11.3. The van der Waals surface area contributed by atoms with Gasteiger partial charge in [-0.3, -0.25) is 4.79 Å². The van der Waals surface area contributed by atoms with Gasteiger partial charge in [-0.05, 0) is 92.7 Å². The fourth-order valence-corrected chi connectivity index (χ4v) is 8.06. The van der Waals surface area contributed by atoms with Crippen LogP contribution in [0.25, 0.3) is 0 Å². The molecule has 1 aromatic rings. The number of ketones is 1. The van der Waals surface area contributed by atoms with Gasteiger partial charge >= 0.3 is 0 Å². The van der Waals surface area contributed by atoms with Crippen LogP contribution in [0.1, 0.15) is 81.9 Å². The second kappa shape index (κ2) is 8.48. The van der Waals surface area contributed by atoms with Crippen LogP contribution in [0.4, 0.5) is 0 Å². The van der Waals surface area contributed by atoms with Crippen molar-refractivity contribution in [3.05, 3.63) is 59.2 Å². The highest BCUT2D eigenvalue weighted by atomic mass is 16.3. The Morgan fingerprint density at radius 3 is 2.58 bits per heavy atom. The molecule has 0 amide bonds. The van der Waals surface area contributed by atoms with Crippen LogP contribution in [-0.2, 0) is 4.79 Å². The first kappa shape index (κ1) is 23.0. The molecule has 3 N–H and O–H groups in total. The van der Waals surface area contributed by atoms with Gasteiger partial charge in [0.1, 0.15) is 0 Å². The smallest absolute Gasteiger partial charge is 0.163 e. The van der Waals surface area contributed by atoms with Gasteiger partial charge in [0, 0.05) is 11.3 Å². The van der Waals surface area contributed by atoms with Gasteiger partial charge in [-0.25, -0.2) is 0 Å². The summed E-state index contributed by atoms with van der Waals surface area (Å²) in [5.74, 6) is 2.26. The normalized spacial score (nSPS) is 41.3. The van der Waals surface area contributed by atoms with Gasteiger partial charge in [-0.1, -0.05) is 48.9 Å². The maximum atomic E-state index is 13.1. The maximum absolute atomic E-state index is 13.1. The molecule has 4 aliphatic carbocycles. The molecule has 1 aromatic carbocycles. The number of hydrogen-bond acceptors (Lipinski definition) is 4. The lowest BCUT2D eigenvalue weighted by molar-refractivity contribution is -0.118. The lowest BCUT2D eigenvalue weighted by Crippen LogP contribution is -2.52. The number of hydrogen-bond donors (Lipinski definition) is 3.